The third-order valence-electron chi connectivity index (χ3n) is 3.88. The van der Waals surface area contributed by atoms with E-state index in [9.17, 15) is 0 Å². The van der Waals surface area contributed by atoms with Crippen molar-refractivity contribution in [3.63, 3.8) is 0 Å². The summed E-state index contributed by atoms with van der Waals surface area (Å²) in [5, 5.41) is 6.95. The van der Waals surface area contributed by atoms with Crippen LogP contribution < -0.4 is 10.6 Å². The molecule has 0 saturated heterocycles. The molecular weight excluding hydrogens is 248 g/mol. The highest BCUT2D eigenvalue weighted by molar-refractivity contribution is 5.58. The van der Waals surface area contributed by atoms with E-state index in [0.29, 0.717) is 6.04 Å². The van der Waals surface area contributed by atoms with E-state index in [1.807, 2.05) is 0 Å². The average molecular weight is 276 g/mol. The van der Waals surface area contributed by atoms with Gasteiger partial charge in [-0.25, -0.2) is 9.97 Å². The number of rotatable bonds is 4. The van der Waals surface area contributed by atoms with Crippen LogP contribution in [0, 0.1) is 12.8 Å². The van der Waals surface area contributed by atoms with Crippen molar-refractivity contribution >= 4 is 11.6 Å². The second-order valence-corrected chi connectivity index (χ2v) is 7.07. The first-order chi connectivity index (χ1) is 9.31. The van der Waals surface area contributed by atoms with Crippen molar-refractivity contribution in [3.8, 4) is 0 Å². The van der Waals surface area contributed by atoms with Gasteiger partial charge in [0.25, 0.3) is 0 Å². The Morgan fingerprint density at radius 3 is 2.25 bits per heavy atom. The first-order valence-electron chi connectivity index (χ1n) is 7.70. The van der Waals surface area contributed by atoms with Crippen molar-refractivity contribution in [2.24, 2.45) is 5.92 Å². The number of hydrogen-bond acceptors (Lipinski definition) is 4. The molecule has 1 fully saturated rings. The van der Waals surface area contributed by atoms with Gasteiger partial charge in [-0.1, -0.05) is 27.7 Å². The fourth-order valence-electron chi connectivity index (χ4n) is 2.55. The van der Waals surface area contributed by atoms with Gasteiger partial charge in [0.2, 0.25) is 0 Å². The van der Waals surface area contributed by atoms with Crippen molar-refractivity contribution in [3.05, 3.63) is 11.4 Å². The molecule has 2 rings (SSSR count). The smallest absolute Gasteiger partial charge is 0.138 e. The first-order valence-corrected chi connectivity index (χ1v) is 7.70. The molecule has 0 radical (unpaired) electrons. The highest BCUT2D eigenvalue weighted by Crippen LogP contribution is 2.32. The van der Waals surface area contributed by atoms with Crippen molar-refractivity contribution < 1.29 is 0 Å². The van der Waals surface area contributed by atoms with Crippen LogP contribution in [-0.2, 0) is 5.41 Å². The van der Waals surface area contributed by atoms with Crippen LogP contribution in [0.5, 0.6) is 0 Å². The maximum Gasteiger partial charge on any atom is 0.138 e. The molecule has 0 spiro atoms. The van der Waals surface area contributed by atoms with Crippen LogP contribution in [0.25, 0.3) is 0 Å². The van der Waals surface area contributed by atoms with Crippen LogP contribution in [0.4, 0.5) is 11.6 Å². The van der Waals surface area contributed by atoms with Gasteiger partial charge in [-0.15, -0.1) is 0 Å². The molecule has 0 atom stereocenters. The second kappa shape index (κ2) is 5.58. The summed E-state index contributed by atoms with van der Waals surface area (Å²) in [5.74, 6) is 3.69. The zero-order valence-corrected chi connectivity index (χ0v) is 13.7. The molecule has 1 aliphatic rings. The van der Waals surface area contributed by atoms with E-state index in [1.165, 1.54) is 12.8 Å². The Morgan fingerprint density at radius 2 is 1.75 bits per heavy atom. The van der Waals surface area contributed by atoms with Crippen LogP contribution in [-0.4, -0.2) is 22.6 Å². The third-order valence-corrected chi connectivity index (χ3v) is 3.88. The molecule has 0 aromatic carbocycles. The maximum atomic E-state index is 4.77. The van der Waals surface area contributed by atoms with Gasteiger partial charge in [0.05, 0.1) is 0 Å². The summed E-state index contributed by atoms with van der Waals surface area (Å²) in [6, 6.07) is 0.570. The molecule has 1 saturated carbocycles. The molecule has 0 aliphatic heterocycles. The summed E-state index contributed by atoms with van der Waals surface area (Å²) >= 11 is 0. The summed E-state index contributed by atoms with van der Waals surface area (Å²) in [7, 11) is 0. The minimum Gasteiger partial charge on any atom is -0.370 e. The molecule has 2 N–H and O–H groups in total. The van der Waals surface area contributed by atoms with Gasteiger partial charge in [-0.05, 0) is 32.6 Å². The number of hydrogen-bond donors (Lipinski definition) is 2. The molecule has 0 amide bonds. The van der Waals surface area contributed by atoms with Crippen LogP contribution in [0.3, 0.4) is 0 Å². The van der Waals surface area contributed by atoms with Gasteiger partial charge in [0.1, 0.15) is 17.5 Å². The molecule has 1 heterocycles. The summed E-state index contributed by atoms with van der Waals surface area (Å²) < 4.78 is 0. The number of nitrogens with one attached hydrogen (secondary N) is 2. The van der Waals surface area contributed by atoms with Crippen molar-refractivity contribution in [2.45, 2.75) is 65.8 Å². The molecule has 112 valence electrons. The highest BCUT2D eigenvalue weighted by atomic mass is 15.1. The largest absolute Gasteiger partial charge is 0.370 e. The zero-order chi connectivity index (χ0) is 14.9. The molecule has 4 nitrogen and oxygen atoms in total. The molecule has 4 heteroatoms. The Labute approximate surface area is 122 Å². The Morgan fingerprint density at radius 1 is 1.15 bits per heavy atom. The fraction of sp³-hybridized carbons (Fsp3) is 0.750. The lowest BCUT2D eigenvalue weighted by molar-refractivity contribution is 0.308. The minimum atomic E-state index is -0.0405. The molecule has 20 heavy (non-hydrogen) atoms. The normalized spacial score (nSPS) is 22.3. The van der Waals surface area contributed by atoms with E-state index >= 15 is 0 Å². The lowest BCUT2D eigenvalue weighted by Gasteiger charge is -2.34. The van der Waals surface area contributed by atoms with E-state index in [2.05, 4.69) is 52.2 Å². The van der Waals surface area contributed by atoms with Gasteiger partial charge >= 0.3 is 0 Å². The van der Waals surface area contributed by atoms with Crippen molar-refractivity contribution in [1.82, 2.24) is 9.97 Å². The SMILES string of the molecule is CCNc1nc(C(C)(C)C)nc(NC2CC(C)C2)c1C. The topological polar surface area (TPSA) is 49.8 Å². The lowest BCUT2D eigenvalue weighted by atomic mass is 9.82. The van der Waals surface area contributed by atoms with E-state index in [-0.39, 0.29) is 5.41 Å². The van der Waals surface area contributed by atoms with E-state index in [1.54, 1.807) is 0 Å². The maximum absolute atomic E-state index is 4.77. The predicted octanol–water partition coefficient (Wildman–Crippen LogP) is 3.72. The van der Waals surface area contributed by atoms with Crippen LogP contribution in [0.2, 0.25) is 0 Å². The molecule has 1 aromatic heterocycles. The number of nitrogens with zero attached hydrogens (tertiary/aromatic N) is 2. The minimum absolute atomic E-state index is 0.0405. The highest BCUT2D eigenvalue weighted by Gasteiger charge is 2.27. The molecule has 0 unspecified atom stereocenters. The summed E-state index contributed by atoms with van der Waals surface area (Å²) in [6.07, 6.45) is 2.48. The van der Waals surface area contributed by atoms with Crippen molar-refractivity contribution in [1.29, 1.82) is 0 Å². The standard InChI is InChI=1S/C16H28N4/c1-7-17-13-11(3)14(18-12-8-10(2)9-12)20-15(19-13)16(4,5)6/h10,12H,7-9H2,1-6H3,(H2,17,18,19,20). The van der Waals surface area contributed by atoms with Crippen LogP contribution in [0.15, 0.2) is 0 Å². The van der Waals surface area contributed by atoms with E-state index in [4.69, 9.17) is 9.97 Å². The molecule has 1 aromatic rings. The Bertz CT molecular complexity index is 470. The van der Waals surface area contributed by atoms with Crippen LogP contribution >= 0.6 is 0 Å². The summed E-state index contributed by atoms with van der Waals surface area (Å²) in [4.78, 5) is 9.47. The van der Waals surface area contributed by atoms with Gasteiger partial charge in [0.15, 0.2) is 0 Å². The first kappa shape index (κ1) is 15.1. The van der Waals surface area contributed by atoms with Gasteiger partial charge in [-0.2, -0.15) is 0 Å². The molecule has 1 aliphatic carbocycles. The molecular formula is C16H28N4. The van der Waals surface area contributed by atoms with Gasteiger partial charge in [-0.3, -0.25) is 0 Å². The zero-order valence-electron chi connectivity index (χ0n) is 13.7. The summed E-state index contributed by atoms with van der Waals surface area (Å²) in [6.45, 7) is 13.8. The van der Waals surface area contributed by atoms with Crippen molar-refractivity contribution in [2.75, 3.05) is 17.2 Å². The second-order valence-electron chi connectivity index (χ2n) is 7.07. The average Bonchev–Trinajstić information content (AvgIpc) is 2.30. The summed E-state index contributed by atoms with van der Waals surface area (Å²) in [5.41, 5.74) is 1.08. The Kier molecular flexibility index (Phi) is 4.21. The predicted molar refractivity (Wildman–Crippen MR) is 85.4 cm³/mol. The Hall–Kier alpha value is -1.32. The van der Waals surface area contributed by atoms with Gasteiger partial charge in [0, 0.05) is 23.6 Å². The van der Waals surface area contributed by atoms with E-state index in [0.717, 1.165) is 35.5 Å². The lowest BCUT2D eigenvalue weighted by Crippen LogP contribution is -2.35. The monoisotopic (exact) mass is 276 g/mol. The third kappa shape index (κ3) is 3.22. The van der Waals surface area contributed by atoms with Gasteiger partial charge < -0.3 is 10.6 Å². The van der Waals surface area contributed by atoms with Crippen LogP contribution in [0.1, 0.15) is 58.8 Å². The Balaban J connectivity index is 2.30. The molecule has 0 bridgehead atoms. The number of anilines is 2. The number of aromatic nitrogens is 2. The fourth-order valence-corrected chi connectivity index (χ4v) is 2.55. The van der Waals surface area contributed by atoms with E-state index < -0.39 is 0 Å². The quantitative estimate of drug-likeness (QED) is 0.880.